The SMILES string of the molecule is Cc1ccc(NC(=O)c2sc3nc(C)n(Cc4cccc(F)c4)c(=O)c3c2C)c(C)c1. The first-order valence-electron chi connectivity index (χ1n) is 9.88. The number of fused-ring (bicyclic) bond motifs is 1. The van der Waals surface area contributed by atoms with Crippen molar-refractivity contribution in [1.82, 2.24) is 9.55 Å². The summed E-state index contributed by atoms with van der Waals surface area (Å²) < 4.78 is 15.1. The van der Waals surface area contributed by atoms with Crippen molar-refractivity contribution in [3.63, 3.8) is 0 Å². The second kappa shape index (κ2) is 8.07. The Bertz CT molecular complexity index is 1390. The quantitative estimate of drug-likeness (QED) is 0.483. The zero-order valence-corrected chi connectivity index (χ0v) is 18.6. The van der Waals surface area contributed by atoms with Crippen molar-refractivity contribution < 1.29 is 9.18 Å². The number of hydrogen-bond donors (Lipinski definition) is 1. The molecule has 5 nitrogen and oxygen atoms in total. The molecular weight excluding hydrogens is 413 g/mol. The summed E-state index contributed by atoms with van der Waals surface area (Å²) in [6.07, 6.45) is 0. The third kappa shape index (κ3) is 4.01. The second-order valence-corrected chi connectivity index (χ2v) is 8.69. The second-order valence-electron chi connectivity index (χ2n) is 7.69. The zero-order valence-electron chi connectivity index (χ0n) is 17.7. The van der Waals surface area contributed by atoms with Crippen LogP contribution in [0.25, 0.3) is 10.2 Å². The molecule has 0 aliphatic heterocycles. The summed E-state index contributed by atoms with van der Waals surface area (Å²) in [5.74, 6) is -0.0974. The monoisotopic (exact) mass is 435 g/mol. The minimum atomic E-state index is -0.352. The molecule has 0 saturated heterocycles. The van der Waals surface area contributed by atoms with Gasteiger partial charge in [0.2, 0.25) is 0 Å². The van der Waals surface area contributed by atoms with Gasteiger partial charge in [0.15, 0.2) is 0 Å². The maximum absolute atomic E-state index is 13.6. The molecule has 4 rings (SSSR count). The van der Waals surface area contributed by atoms with E-state index in [0.29, 0.717) is 32.0 Å². The number of aromatic nitrogens is 2. The van der Waals surface area contributed by atoms with Crippen LogP contribution in [0.5, 0.6) is 0 Å². The van der Waals surface area contributed by atoms with E-state index in [4.69, 9.17) is 0 Å². The third-order valence-corrected chi connectivity index (χ3v) is 6.49. The Morgan fingerprint density at radius 3 is 2.61 bits per heavy atom. The number of aryl methyl sites for hydroxylation is 4. The molecule has 0 fully saturated rings. The zero-order chi connectivity index (χ0) is 22.3. The molecule has 7 heteroatoms. The summed E-state index contributed by atoms with van der Waals surface area (Å²) >= 11 is 1.21. The number of hydrogen-bond acceptors (Lipinski definition) is 4. The van der Waals surface area contributed by atoms with E-state index in [1.165, 1.54) is 28.0 Å². The number of benzene rings is 2. The molecule has 0 aliphatic rings. The third-order valence-electron chi connectivity index (χ3n) is 5.31. The van der Waals surface area contributed by atoms with E-state index >= 15 is 0 Å². The molecule has 2 aromatic carbocycles. The van der Waals surface area contributed by atoms with E-state index in [1.54, 1.807) is 26.0 Å². The Labute approximate surface area is 183 Å². The minimum absolute atomic E-state index is 0.213. The lowest BCUT2D eigenvalue weighted by Gasteiger charge is -2.10. The Hall–Kier alpha value is -3.32. The van der Waals surface area contributed by atoms with Crippen LogP contribution >= 0.6 is 11.3 Å². The fourth-order valence-electron chi connectivity index (χ4n) is 3.67. The maximum atomic E-state index is 13.6. The highest BCUT2D eigenvalue weighted by Crippen LogP contribution is 2.29. The Kier molecular flexibility index (Phi) is 5.45. The number of anilines is 1. The van der Waals surface area contributed by atoms with Gasteiger partial charge in [0.05, 0.1) is 16.8 Å². The smallest absolute Gasteiger partial charge is 0.266 e. The van der Waals surface area contributed by atoms with Gasteiger partial charge in [-0.05, 0) is 62.6 Å². The highest BCUT2D eigenvalue weighted by Gasteiger charge is 2.21. The molecule has 0 bridgehead atoms. The summed E-state index contributed by atoms with van der Waals surface area (Å²) in [6, 6.07) is 12.0. The van der Waals surface area contributed by atoms with Crippen molar-refractivity contribution in [2.75, 3.05) is 5.32 Å². The fourth-order valence-corrected chi connectivity index (χ4v) is 4.78. The maximum Gasteiger partial charge on any atom is 0.266 e. The molecular formula is C24H22FN3O2S. The van der Waals surface area contributed by atoms with Gasteiger partial charge >= 0.3 is 0 Å². The molecule has 0 atom stereocenters. The number of rotatable bonds is 4. The van der Waals surface area contributed by atoms with E-state index in [1.807, 2.05) is 32.0 Å². The van der Waals surface area contributed by atoms with Crippen LogP contribution in [0.2, 0.25) is 0 Å². The fraction of sp³-hybridized carbons (Fsp3) is 0.208. The number of nitrogens with one attached hydrogen (secondary N) is 1. The van der Waals surface area contributed by atoms with Gasteiger partial charge in [-0.25, -0.2) is 9.37 Å². The van der Waals surface area contributed by atoms with Crippen LogP contribution in [0.15, 0.2) is 47.3 Å². The first-order chi connectivity index (χ1) is 14.7. The number of carbonyl (C=O) groups excluding carboxylic acids is 1. The molecule has 0 unspecified atom stereocenters. The van der Waals surface area contributed by atoms with Crippen molar-refractivity contribution in [3.8, 4) is 0 Å². The normalized spacial score (nSPS) is 11.1. The molecule has 158 valence electrons. The predicted molar refractivity (Wildman–Crippen MR) is 123 cm³/mol. The Balaban J connectivity index is 1.74. The Morgan fingerprint density at radius 2 is 1.90 bits per heavy atom. The van der Waals surface area contributed by atoms with Crippen molar-refractivity contribution in [3.05, 3.63) is 91.6 Å². The lowest BCUT2D eigenvalue weighted by molar-refractivity contribution is 0.103. The lowest BCUT2D eigenvalue weighted by atomic mass is 10.1. The van der Waals surface area contributed by atoms with Crippen LogP contribution in [-0.4, -0.2) is 15.5 Å². The number of carbonyl (C=O) groups is 1. The molecule has 31 heavy (non-hydrogen) atoms. The molecule has 1 N–H and O–H groups in total. The highest BCUT2D eigenvalue weighted by molar-refractivity contribution is 7.20. The molecule has 0 radical (unpaired) electrons. The Morgan fingerprint density at radius 1 is 1.13 bits per heavy atom. The molecule has 2 aromatic heterocycles. The summed E-state index contributed by atoms with van der Waals surface area (Å²) in [6.45, 7) is 7.66. The molecule has 2 heterocycles. The van der Waals surface area contributed by atoms with Crippen LogP contribution in [0.4, 0.5) is 10.1 Å². The summed E-state index contributed by atoms with van der Waals surface area (Å²) in [4.78, 5) is 31.8. The van der Waals surface area contributed by atoms with Gasteiger partial charge in [0.25, 0.3) is 11.5 Å². The summed E-state index contributed by atoms with van der Waals surface area (Å²) in [5.41, 5.74) is 3.87. The first-order valence-corrected chi connectivity index (χ1v) is 10.7. The van der Waals surface area contributed by atoms with Crippen molar-refractivity contribution >= 4 is 33.1 Å². The van der Waals surface area contributed by atoms with Crippen molar-refractivity contribution in [2.24, 2.45) is 0 Å². The first kappa shape index (κ1) is 20.9. The minimum Gasteiger partial charge on any atom is -0.321 e. The predicted octanol–water partition coefficient (Wildman–Crippen LogP) is 5.13. The van der Waals surface area contributed by atoms with Gasteiger partial charge in [-0.2, -0.15) is 0 Å². The van der Waals surface area contributed by atoms with Gasteiger partial charge in [-0.15, -0.1) is 11.3 Å². The van der Waals surface area contributed by atoms with E-state index < -0.39 is 0 Å². The standard InChI is InChI=1S/C24H22FN3O2S/c1-13-8-9-19(14(2)10-13)27-22(29)21-15(3)20-23(31-21)26-16(4)28(24(20)30)12-17-6-5-7-18(25)11-17/h5-11H,12H2,1-4H3,(H,27,29). The van der Waals surface area contributed by atoms with E-state index in [2.05, 4.69) is 10.3 Å². The number of halogens is 1. The van der Waals surface area contributed by atoms with Crippen LogP contribution in [-0.2, 0) is 6.54 Å². The summed E-state index contributed by atoms with van der Waals surface area (Å²) in [7, 11) is 0. The van der Waals surface area contributed by atoms with Gasteiger partial charge < -0.3 is 5.32 Å². The van der Waals surface area contributed by atoms with Gasteiger partial charge in [-0.3, -0.25) is 14.2 Å². The lowest BCUT2D eigenvalue weighted by Crippen LogP contribution is -2.24. The van der Waals surface area contributed by atoms with Gasteiger partial charge in [0, 0.05) is 5.69 Å². The number of amides is 1. The number of thiophene rings is 1. The molecule has 0 saturated carbocycles. The van der Waals surface area contributed by atoms with Crippen LogP contribution in [0.3, 0.4) is 0 Å². The van der Waals surface area contributed by atoms with Gasteiger partial charge in [0.1, 0.15) is 16.5 Å². The average Bonchev–Trinajstić information content (AvgIpc) is 3.03. The van der Waals surface area contributed by atoms with Crippen LogP contribution in [0, 0.1) is 33.5 Å². The van der Waals surface area contributed by atoms with Gasteiger partial charge in [-0.1, -0.05) is 29.8 Å². The average molecular weight is 436 g/mol. The van der Waals surface area contributed by atoms with E-state index in [9.17, 15) is 14.0 Å². The van der Waals surface area contributed by atoms with Crippen molar-refractivity contribution in [2.45, 2.75) is 34.2 Å². The summed E-state index contributed by atoms with van der Waals surface area (Å²) in [5, 5.41) is 3.37. The van der Waals surface area contributed by atoms with Crippen LogP contribution in [0.1, 0.15) is 37.7 Å². The van der Waals surface area contributed by atoms with Crippen molar-refractivity contribution in [1.29, 1.82) is 0 Å². The topological polar surface area (TPSA) is 64.0 Å². The van der Waals surface area contributed by atoms with E-state index in [-0.39, 0.29) is 23.8 Å². The molecule has 0 spiro atoms. The molecule has 4 aromatic rings. The largest absolute Gasteiger partial charge is 0.321 e. The number of nitrogens with zero attached hydrogens (tertiary/aromatic N) is 2. The molecule has 0 aliphatic carbocycles. The highest BCUT2D eigenvalue weighted by atomic mass is 32.1. The molecule has 1 amide bonds. The van der Waals surface area contributed by atoms with Crippen LogP contribution < -0.4 is 10.9 Å². The van der Waals surface area contributed by atoms with E-state index in [0.717, 1.165) is 16.8 Å².